The van der Waals surface area contributed by atoms with Gasteiger partial charge in [-0.25, -0.2) is 4.79 Å². The van der Waals surface area contributed by atoms with E-state index in [4.69, 9.17) is 4.74 Å². The predicted octanol–water partition coefficient (Wildman–Crippen LogP) is 5.25. The molecule has 2 aromatic rings. The smallest absolute Gasteiger partial charge is 0.348 e. The number of unbranched alkanes of at least 4 members (excludes halogenated alkanes) is 4. The lowest BCUT2D eigenvalue weighted by Gasteiger charge is -2.03. The van der Waals surface area contributed by atoms with Crippen molar-refractivity contribution in [2.75, 3.05) is 6.61 Å². The fraction of sp³-hybridized carbons (Fsp3) is 0.364. The van der Waals surface area contributed by atoms with Gasteiger partial charge >= 0.3 is 5.97 Å². The standard InChI is InChI=1S/C22H26N2O2/c1-3-5-6-7-10-14-26-22(25)18(16-23)15-19-17-24(13-4-2)21-12-9-8-11-20(19)21/h4,8-9,11-12,15,17H,2-3,5-7,10,13-14H2,1H3. The first-order chi connectivity index (χ1) is 12.7. The summed E-state index contributed by atoms with van der Waals surface area (Å²) in [5, 5.41) is 10.4. The molecule has 0 saturated heterocycles. The van der Waals surface area contributed by atoms with Crippen LogP contribution in [-0.2, 0) is 16.1 Å². The highest BCUT2D eigenvalue weighted by Crippen LogP contribution is 2.24. The van der Waals surface area contributed by atoms with Crippen LogP contribution in [0.5, 0.6) is 0 Å². The molecular formula is C22H26N2O2. The number of benzene rings is 1. The second-order valence-corrected chi connectivity index (χ2v) is 6.26. The number of aromatic nitrogens is 1. The van der Waals surface area contributed by atoms with Crippen LogP contribution in [0.3, 0.4) is 0 Å². The Balaban J connectivity index is 2.11. The van der Waals surface area contributed by atoms with Gasteiger partial charge in [0.15, 0.2) is 0 Å². The number of nitriles is 1. The molecule has 1 aromatic carbocycles. The third kappa shape index (κ3) is 5.10. The molecule has 0 spiro atoms. The largest absolute Gasteiger partial charge is 0.462 e. The maximum Gasteiger partial charge on any atom is 0.348 e. The van der Waals surface area contributed by atoms with Crippen molar-refractivity contribution in [3.8, 4) is 6.07 Å². The summed E-state index contributed by atoms with van der Waals surface area (Å²) < 4.78 is 7.31. The van der Waals surface area contributed by atoms with Crippen LogP contribution in [-0.4, -0.2) is 17.1 Å². The van der Waals surface area contributed by atoms with Gasteiger partial charge < -0.3 is 9.30 Å². The fourth-order valence-electron chi connectivity index (χ4n) is 2.92. The van der Waals surface area contributed by atoms with E-state index in [9.17, 15) is 10.1 Å². The molecule has 0 amide bonds. The summed E-state index contributed by atoms with van der Waals surface area (Å²) in [7, 11) is 0. The minimum Gasteiger partial charge on any atom is -0.462 e. The van der Waals surface area contributed by atoms with Gasteiger partial charge in [0.25, 0.3) is 0 Å². The summed E-state index contributed by atoms with van der Waals surface area (Å²) in [6.07, 6.45) is 10.8. The van der Waals surface area contributed by atoms with Gasteiger partial charge in [0, 0.05) is 29.2 Å². The van der Waals surface area contributed by atoms with E-state index in [0.717, 1.165) is 35.7 Å². The molecule has 0 bridgehead atoms. The zero-order valence-corrected chi connectivity index (χ0v) is 15.4. The molecule has 0 saturated carbocycles. The Kier molecular flexibility index (Phi) is 7.70. The van der Waals surface area contributed by atoms with Crippen molar-refractivity contribution in [3.63, 3.8) is 0 Å². The molecule has 0 aliphatic rings. The van der Waals surface area contributed by atoms with Gasteiger partial charge in [-0.1, -0.05) is 56.9 Å². The number of nitrogens with zero attached hydrogens (tertiary/aromatic N) is 2. The summed E-state index contributed by atoms with van der Waals surface area (Å²) in [6.45, 7) is 6.96. The van der Waals surface area contributed by atoms with Crippen LogP contribution >= 0.6 is 0 Å². The average molecular weight is 350 g/mol. The molecule has 4 heteroatoms. The van der Waals surface area contributed by atoms with E-state index in [1.165, 1.54) is 12.8 Å². The lowest BCUT2D eigenvalue weighted by molar-refractivity contribution is -0.138. The number of hydrogen-bond donors (Lipinski definition) is 0. The quantitative estimate of drug-likeness (QED) is 0.193. The number of carbonyl (C=O) groups is 1. The van der Waals surface area contributed by atoms with Gasteiger partial charge in [0.1, 0.15) is 11.6 Å². The number of rotatable bonds is 10. The minimum absolute atomic E-state index is 0.0278. The predicted molar refractivity (Wildman–Crippen MR) is 105 cm³/mol. The third-order valence-electron chi connectivity index (χ3n) is 4.27. The van der Waals surface area contributed by atoms with E-state index in [-0.39, 0.29) is 5.57 Å². The second kappa shape index (κ2) is 10.2. The van der Waals surface area contributed by atoms with Crippen LogP contribution in [0.4, 0.5) is 0 Å². The van der Waals surface area contributed by atoms with Gasteiger partial charge in [0.2, 0.25) is 0 Å². The highest BCUT2D eigenvalue weighted by atomic mass is 16.5. The topological polar surface area (TPSA) is 55.0 Å². The van der Waals surface area contributed by atoms with E-state index >= 15 is 0 Å². The Morgan fingerprint density at radius 1 is 1.27 bits per heavy atom. The van der Waals surface area contributed by atoms with Gasteiger partial charge in [0.05, 0.1) is 6.61 Å². The zero-order chi connectivity index (χ0) is 18.8. The maximum atomic E-state index is 12.2. The van der Waals surface area contributed by atoms with Crippen molar-refractivity contribution in [2.45, 2.75) is 45.6 Å². The van der Waals surface area contributed by atoms with E-state index in [2.05, 4.69) is 13.5 Å². The first kappa shape index (κ1) is 19.5. The molecule has 1 heterocycles. The fourth-order valence-corrected chi connectivity index (χ4v) is 2.92. The van der Waals surface area contributed by atoms with E-state index in [0.29, 0.717) is 13.2 Å². The number of allylic oxidation sites excluding steroid dienone is 1. The van der Waals surface area contributed by atoms with E-state index in [1.807, 2.05) is 47.2 Å². The first-order valence-electron chi connectivity index (χ1n) is 9.19. The van der Waals surface area contributed by atoms with Crippen LogP contribution in [0.15, 0.2) is 48.7 Å². The molecule has 136 valence electrons. The molecule has 0 aliphatic carbocycles. The van der Waals surface area contributed by atoms with E-state index < -0.39 is 5.97 Å². The van der Waals surface area contributed by atoms with Crippen molar-refractivity contribution >= 4 is 22.9 Å². The average Bonchev–Trinajstić information content (AvgIpc) is 3.00. The molecular weight excluding hydrogens is 324 g/mol. The van der Waals surface area contributed by atoms with Crippen LogP contribution < -0.4 is 0 Å². The molecule has 26 heavy (non-hydrogen) atoms. The van der Waals surface area contributed by atoms with Gasteiger partial charge in [-0.05, 0) is 18.6 Å². The van der Waals surface area contributed by atoms with Gasteiger partial charge in [-0.2, -0.15) is 5.26 Å². The Morgan fingerprint density at radius 3 is 2.77 bits per heavy atom. The SMILES string of the molecule is C=CCn1cc(C=C(C#N)C(=O)OCCCCCCC)c2ccccc21. The Labute approximate surface area is 155 Å². The molecule has 0 N–H and O–H groups in total. The van der Waals surface area contributed by atoms with Crippen molar-refractivity contribution in [1.82, 2.24) is 4.57 Å². The number of fused-ring (bicyclic) bond motifs is 1. The Morgan fingerprint density at radius 2 is 2.04 bits per heavy atom. The van der Waals surface area contributed by atoms with Crippen LogP contribution in [0.25, 0.3) is 17.0 Å². The maximum absolute atomic E-state index is 12.2. The molecule has 0 atom stereocenters. The lowest BCUT2D eigenvalue weighted by atomic mass is 10.1. The van der Waals surface area contributed by atoms with Crippen molar-refractivity contribution < 1.29 is 9.53 Å². The van der Waals surface area contributed by atoms with Gasteiger partial charge in [-0.15, -0.1) is 6.58 Å². The van der Waals surface area contributed by atoms with Crippen molar-refractivity contribution in [1.29, 1.82) is 5.26 Å². The van der Waals surface area contributed by atoms with E-state index in [1.54, 1.807) is 6.08 Å². The number of carbonyl (C=O) groups excluding carboxylic acids is 1. The zero-order valence-electron chi connectivity index (χ0n) is 15.4. The monoisotopic (exact) mass is 350 g/mol. The number of esters is 1. The van der Waals surface area contributed by atoms with Crippen LogP contribution in [0.1, 0.15) is 44.6 Å². The van der Waals surface area contributed by atoms with Crippen LogP contribution in [0, 0.1) is 11.3 Å². The third-order valence-corrected chi connectivity index (χ3v) is 4.27. The van der Waals surface area contributed by atoms with Crippen molar-refractivity contribution in [3.05, 3.63) is 54.3 Å². The highest BCUT2D eigenvalue weighted by molar-refractivity contribution is 6.01. The normalized spacial score (nSPS) is 11.3. The summed E-state index contributed by atoms with van der Waals surface area (Å²) >= 11 is 0. The summed E-state index contributed by atoms with van der Waals surface area (Å²) in [4.78, 5) is 12.2. The molecule has 0 unspecified atom stereocenters. The number of hydrogen-bond acceptors (Lipinski definition) is 3. The van der Waals surface area contributed by atoms with Gasteiger partial charge in [-0.3, -0.25) is 0 Å². The van der Waals surface area contributed by atoms with Crippen molar-refractivity contribution in [2.24, 2.45) is 0 Å². The first-order valence-corrected chi connectivity index (χ1v) is 9.19. The summed E-state index contributed by atoms with van der Waals surface area (Å²) in [6, 6.07) is 9.88. The summed E-state index contributed by atoms with van der Waals surface area (Å²) in [5.74, 6) is -0.552. The number of para-hydroxylation sites is 1. The molecule has 0 aliphatic heterocycles. The molecule has 2 rings (SSSR count). The molecule has 4 nitrogen and oxygen atoms in total. The second-order valence-electron chi connectivity index (χ2n) is 6.26. The highest BCUT2D eigenvalue weighted by Gasteiger charge is 2.13. The lowest BCUT2D eigenvalue weighted by Crippen LogP contribution is -2.08. The molecule has 0 fully saturated rings. The van der Waals surface area contributed by atoms with Crippen LogP contribution in [0.2, 0.25) is 0 Å². The Hall–Kier alpha value is -2.80. The number of ether oxygens (including phenoxy) is 1. The minimum atomic E-state index is -0.552. The molecule has 0 radical (unpaired) electrons. The molecule has 1 aromatic heterocycles. The Bertz CT molecular complexity index is 824. The summed E-state index contributed by atoms with van der Waals surface area (Å²) in [5.41, 5.74) is 1.90.